The molecule has 160 valence electrons. The highest BCUT2D eigenvalue weighted by atomic mass is 16.5. The second-order valence-electron chi connectivity index (χ2n) is 7.95. The SMILES string of the molecule is Cc1ccc(OCCC(=O)N2CCN(C(=O)CCCc3ccccc3)CC2)cc1C. The molecule has 0 radical (unpaired) electrons. The Morgan fingerprint density at radius 1 is 0.833 bits per heavy atom. The van der Waals surface area contributed by atoms with E-state index >= 15 is 0 Å². The maximum absolute atomic E-state index is 12.5. The summed E-state index contributed by atoms with van der Waals surface area (Å²) in [7, 11) is 0. The lowest BCUT2D eigenvalue weighted by Gasteiger charge is -2.35. The standard InChI is InChI=1S/C25H32N2O3/c1-20-11-12-23(19-21(20)2)30-18-13-25(29)27-16-14-26(15-17-27)24(28)10-6-9-22-7-4-3-5-8-22/h3-5,7-8,11-12,19H,6,9-10,13-18H2,1-2H3. The lowest BCUT2D eigenvalue weighted by molar-refractivity contribution is -0.139. The molecule has 1 aliphatic heterocycles. The number of aryl methyl sites for hydroxylation is 3. The number of piperazine rings is 1. The van der Waals surface area contributed by atoms with Gasteiger partial charge in [0.2, 0.25) is 11.8 Å². The van der Waals surface area contributed by atoms with Crippen LogP contribution in [0.2, 0.25) is 0 Å². The molecule has 1 heterocycles. The van der Waals surface area contributed by atoms with E-state index in [0.717, 1.165) is 18.6 Å². The van der Waals surface area contributed by atoms with Crippen LogP contribution in [0.4, 0.5) is 0 Å². The molecule has 0 aliphatic carbocycles. The molecule has 0 saturated carbocycles. The molecule has 1 fully saturated rings. The molecule has 0 unspecified atom stereocenters. The predicted molar refractivity (Wildman–Crippen MR) is 119 cm³/mol. The number of hydrogen-bond donors (Lipinski definition) is 0. The van der Waals surface area contributed by atoms with E-state index in [1.165, 1.54) is 16.7 Å². The molecule has 30 heavy (non-hydrogen) atoms. The van der Waals surface area contributed by atoms with Gasteiger partial charge in [0.25, 0.3) is 0 Å². The van der Waals surface area contributed by atoms with Gasteiger partial charge >= 0.3 is 0 Å². The summed E-state index contributed by atoms with van der Waals surface area (Å²) < 4.78 is 5.73. The van der Waals surface area contributed by atoms with Crippen LogP contribution in [0.5, 0.6) is 5.75 Å². The third-order valence-electron chi connectivity index (χ3n) is 5.75. The Labute approximate surface area is 179 Å². The van der Waals surface area contributed by atoms with Crippen LogP contribution in [0.25, 0.3) is 0 Å². The van der Waals surface area contributed by atoms with Crippen LogP contribution in [-0.2, 0) is 16.0 Å². The van der Waals surface area contributed by atoms with E-state index in [1.807, 2.05) is 46.2 Å². The first-order valence-electron chi connectivity index (χ1n) is 10.8. The molecule has 0 N–H and O–H groups in total. The molecule has 0 bridgehead atoms. The minimum absolute atomic E-state index is 0.0926. The van der Waals surface area contributed by atoms with Crippen molar-refractivity contribution in [2.45, 2.75) is 39.5 Å². The molecule has 5 heteroatoms. The van der Waals surface area contributed by atoms with E-state index in [2.05, 4.69) is 26.0 Å². The van der Waals surface area contributed by atoms with Crippen LogP contribution < -0.4 is 4.74 Å². The summed E-state index contributed by atoms with van der Waals surface area (Å²) in [6.45, 7) is 6.94. The van der Waals surface area contributed by atoms with Crippen molar-refractivity contribution in [2.24, 2.45) is 0 Å². The molecule has 0 aromatic heterocycles. The zero-order valence-electron chi connectivity index (χ0n) is 18.1. The van der Waals surface area contributed by atoms with Crippen molar-refractivity contribution >= 4 is 11.8 Å². The van der Waals surface area contributed by atoms with E-state index in [9.17, 15) is 9.59 Å². The average molecular weight is 409 g/mol. The molecular weight excluding hydrogens is 376 g/mol. The number of amides is 2. The van der Waals surface area contributed by atoms with Gasteiger partial charge in [-0.15, -0.1) is 0 Å². The fourth-order valence-electron chi connectivity index (χ4n) is 3.67. The number of hydrogen-bond acceptors (Lipinski definition) is 3. The average Bonchev–Trinajstić information content (AvgIpc) is 2.77. The van der Waals surface area contributed by atoms with Crippen LogP contribution >= 0.6 is 0 Å². The fourth-order valence-corrected chi connectivity index (χ4v) is 3.67. The largest absolute Gasteiger partial charge is 0.493 e. The summed E-state index contributed by atoms with van der Waals surface area (Å²) in [5.74, 6) is 1.09. The quantitative estimate of drug-likeness (QED) is 0.668. The van der Waals surface area contributed by atoms with Crippen molar-refractivity contribution in [1.29, 1.82) is 0 Å². The summed E-state index contributed by atoms with van der Waals surface area (Å²) in [5.41, 5.74) is 3.68. The van der Waals surface area contributed by atoms with Crippen LogP contribution in [0.3, 0.4) is 0 Å². The van der Waals surface area contributed by atoms with Crippen molar-refractivity contribution in [3.8, 4) is 5.75 Å². The van der Waals surface area contributed by atoms with Crippen LogP contribution in [-0.4, -0.2) is 54.4 Å². The Morgan fingerprint density at radius 2 is 1.47 bits per heavy atom. The van der Waals surface area contributed by atoms with E-state index in [-0.39, 0.29) is 11.8 Å². The molecule has 0 spiro atoms. The first-order chi connectivity index (χ1) is 14.5. The number of carbonyl (C=O) groups is 2. The molecule has 2 aromatic carbocycles. The number of benzene rings is 2. The molecule has 3 rings (SSSR count). The monoisotopic (exact) mass is 408 g/mol. The van der Waals surface area contributed by atoms with Gasteiger partial charge in [-0.3, -0.25) is 9.59 Å². The third-order valence-corrected chi connectivity index (χ3v) is 5.75. The molecule has 1 aliphatic rings. The van der Waals surface area contributed by atoms with Gasteiger partial charge in [0.15, 0.2) is 0 Å². The number of nitrogens with zero attached hydrogens (tertiary/aromatic N) is 2. The lowest BCUT2D eigenvalue weighted by atomic mass is 10.1. The van der Waals surface area contributed by atoms with Crippen molar-refractivity contribution in [3.05, 3.63) is 65.2 Å². The molecular formula is C25H32N2O3. The Bertz CT molecular complexity index is 843. The molecule has 2 amide bonds. The van der Waals surface area contributed by atoms with Crippen LogP contribution in [0.15, 0.2) is 48.5 Å². The zero-order chi connectivity index (χ0) is 21.3. The van der Waals surface area contributed by atoms with E-state index in [4.69, 9.17) is 4.74 Å². The summed E-state index contributed by atoms with van der Waals surface area (Å²) in [6.07, 6.45) is 2.70. The lowest BCUT2D eigenvalue weighted by Crippen LogP contribution is -2.50. The zero-order valence-corrected chi connectivity index (χ0v) is 18.1. The van der Waals surface area contributed by atoms with Gasteiger partial charge < -0.3 is 14.5 Å². The van der Waals surface area contributed by atoms with E-state index in [1.54, 1.807) is 0 Å². The third kappa shape index (κ3) is 6.34. The van der Waals surface area contributed by atoms with Crippen molar-refractivity contribution in [3.63, 3.8) is 0 Å². The van der Waals surface area contributed by atoms with Gasteiger partial charge in [0.05, 0.1) is 13.0 Å². The van der Waals surface area contributed by atoms with Gasteiger partial charge in [0.1, 0.15) is 5.75 Å². The Hall–Kier alpha value is -2.82. The number of rotatable bonds is 8. The summed E-state index contributed by atoms with van der Waals surface area (Å²) >= 11 is 0. The Kier molecular flexibility index (Phi) is 7.89. The maximum Gasteiger partial charge on any atom is 0.226 e. The van der Waals surface area contributed by atoms with Gasteiger partial charge in [-0.05, 0) is 55.5 Å². The molecule has 2 aromatic rings. The highest BCUT2D eigenvalue weighted by Crippen LogP contribution is 2.17. The summed E-state index contributed by atoms with van der Waals surface area (Å²) in [6, 6.07) is 16.2. The van der Waals surface area contributed by atoms with E-state index < -0.39 is 0 Å². The fraction of sp³-hybridized carbons (Fsp3) is 0.440. The summed E-state index contributed by atoms with van der Waals surface area (Å²) in [4.78, 5) is 28.6. The van der Waals surface area contributed by atoms with Crippen LogP contribution in [0, 0.1) is 13.8 Å². The first-order valence-corrected chi connectivity index (χ1v) is 10.8. The Morgan fingerprint density at radius 3 is 2.10 bits per heavy atom. The minimum Gasteiger partial charge on any atom is -0.493 e. The molecule has 5 nitrogen and oxygen atoms in total. The van der Waals surface area contributed by atoms with Crippen molar-refractivity contribution in [2.75, 3.05) is 32.8 Å². The van der Waals surface area contributed by atoms with Gasteiger partial charge in [-0.25, -0.2) is 0 Å². The smallest absolute Gasteiger partial charge is 0.226 e. The first kappa shape index (κ1) is 21.9. The highest BCUT2D eigenvalue weighted by Gasteiger charge is 2.23. The normalized spacial score (nSPS) is 13.9. The van der Waals surface area contributed by atoms with Crippen LogP contribution in [0.1, 0.15) is 36.0 Å². The predicted octanol–water partition coefficient (Wildman–Crippen LogP) is 3.77. The Balaban J connectivity index is 1.33. The molecule has 1 saturated heterocycles. The molecule has 0 atom stereocenters. The topological polar surface area (TPSA) is 49.9 Å². The number of carbonyl (C=O) groups excluding carboxylic acids is 2. The second-order valence-corrected chi connectivity index (χ2v) is 7.95. The van der Waals surface area contributed by atoms with Gasteiger partial charge in [-0.1, -0.05) is 36.4 Å². The number of ether oxygens (including phenoxy) is 1. The van der Waals surface area contributed by atoms with Gasteiger partial charge in [-0.2, -0.15) is 0 Å². The summed E-state index contributed by atoms with van der Waals surface area (Å²) in [5, 5.41) is 0. The van der Waals surface area contributed by atoms with Crippen molar-refractivity contribution < 1.29 is 14.3 Å². The maximum atomic E-state index is 12.5. The minimum atomic E-state index is 0.0926. The van der Waals surface area contributed by atoms with Gasteiger partial charge in [0, 0.05) is 32.6 Å². The van der Waals surface area contributed by atoms with E-state index in [0.29, 0.717) is 45.6 Å². The van der Waals surface area contributed by atoms with Crippen molar-refractivity contribution in [1.82, 2.24) is 9.80 Å². The second kappa shape index (κ2) is 10.8. The highest BCUT2D eigenvalue weighted by molar-refractivity contribution is 5.78.